The molecule has 0 aromatic carbocycles. The molecule has 1 rings (SSSR count). The molecule has 8 heteroatoms. The van der Waals surface area contributed by atoms with Gasteiger partial charge in [-0.3, -0.25) is 4.79 Å². The van der Waals surface area contributed by atoms with E-state index in [4.69, 9.17) is 5.73 Å². The molecule has 0 radical (unpaired) electrons. The lowest BCUT2D eigenvalue weighted by Crippen LogP contribution is -2.44. The van der Waals surface area contributed by atoms with Crippen molar-refractivity contribution in [3.63, 3.8) is 0 Å². The van der Waals surface area contributed by atoms with Crippen LogP contribution in [0.2, 0.25) is 0 Å². The fourth-order valence-electron chi connectivity index (χ4n) is 1.47. The molecule has 5 nitrogen and oxygen atoms in total. The predicted octanol–water partition coefficient (Wildman–Crippen LogP) is -0.287. The number of nitrogens with one attached hydrogen (secondary N) is 1. The minimum absolute atomic E-state index is 0.0460. The average molecular weight is 312 g/mol. The fourth-order valence-corrected chi connectivity index (χ4v) is 4.77. The van der Waals surface area contributed by atoms with Crippen LogP contribution < -0.4 is 11.1 Å². The second-order valence-corrected chi connectivity index (χ2v) is 9.16. The Labute approximate surface area is 117 Å². The third-order valence-corrected chi connectivity index (χ3v) is 6.35. The van der Waals surface area contributed by atoms with E-state index < -0.39 is 15.9 Å². The largest absolute Gasteiger partial charge is 0.354 e. The number of thioether (sulfide) groups is 2. The lowest BCUT2D eigenvalue weighted by Gasteiger charge is -2.22. The first-order valence-electron chi connectivity index (χ1n) is 5.79. The van der Waals surface area contributed by atoms with Crippen LogP contribution in [0.15, 0.2) is 0 Å². The molecule has 18 heavy (non-hydrogen) atoms. The molecule has 2 atom stereocenters. The monoisotopic (exact) mass is 312 g/mol. The maximum atomic E-state index is 11.7. The molecular formula is C10H20N2O3S3. The van der Waals surface area contributed by atoms with Crippen LogP contribution in [0, 0.1) is 0 Å². The number of hydrogen-bond donors (Lipinski definition) is 2. The number of carbonyl (C=O) groups is 1. The average Bonchev–Trinajstić information content (AvgIpc) is 2.33. The highest BCUT2D eigenvalue weighted by molar-refractivity contribution is 8.06. The van der Waals surface area contributed by atoms with Gasteiger partial charge in [-0.1, -0.05) is 0 Å². The van der Waals surface area contributed by atoms with Gasteiger partial charge < -0.3 is 11.1 Å². The summed E-state index contributed by atoms with van der Waals surface area (Å²) in [4.78, 5) is 11.7. The van der Waals surface area contributed by atoms with Gasteiger partial charge in [-0.05, 0) is 6.42 Å². The van der Waals surface area contributed by atoms with Gasteiger partial charge >= 0.3 is 0 Å². The molecule has 0 bridgehead atoms. The van der Waals surface area contributed by atoms with Crippen molar-refractivity contribution in [2.75, 3.05) is 35.8 Å². The van der Waals surface area contributed by atoms with Gasteiger partial charge in [0.15, 0.2) is 0 Å². The molecule has 1 saturated heterocycles. The summed E-state index contributed by atoms with van der Waals surface area (Å²) in [7, 11) is -3.06. The van der Waals surface area contributed by atoms with E-state index in [1.165, 1.54) is 5.75 Å². The van der Waals surface area contributed by atoms with E-state index in [0.717, 1.165) is 17.8 Å². The molecule has 1 heterocycles. The van der Waals surface area contributed by atoms with Crippen molar-refractivity contribution in [3.8, 4) is 0 Å². The van der Waals surface area contributed by atoms with Crippen LogP contribution in [-0.4, -0.2) is 61.4 Å². The van der Waals surface area contributed by atoms with E-state index in [1.54, 1.807) is 0 Å². The topological polar surface area (TPSA) is 89.3 Å². The number of carbonyl (C=O) groups excluding carboxylic acids is 1. The Bertz CT molecular complexity index is 367. The molecule has 1 fully saturated rings. The SMILES string of the molecule is CS(=O)(=O)CCC(N)C(=O)NCC1CSCCS1. The van der Waals surface area contributed by atoms with Gasteiger partial charge in [0.25, 0.3) is 0 Å². The van der Waals surface area contributed by atoms with E-state index in [9.17, 15) is 13.2 Å². The summed E-state index contributed by atoms with van der Waals surface area (Å²) in [6, 6.07) is -0.735. The van der Waals surface area contributed by atoms with Crippen LogP contribution in [0.3, 0.4) is 0 Å². The number of amides is 1. The zero-order valence-electron chi connectivity index (χ0n) is 10.4. The van der Waals surface area contributed by atoms with Gasteiger partial charge in [0.2, 0.25) is 5.91 Å². The Morgan fingerprint density at radius 3 is 2.78 bits per heavy atom. The van der Waals surface area contributed by atoms with E-state index in [1.807, 2.05) is 23.5 Å². The summed E-state index contributed by atoms with van der Waals surface area (Å²) < 4.78 is 21.9. The van der Waals surface area contributed by atoms with E-state index in [2.05, 4.69) is 5.32 Å². The summed E-state index contributed by atoms with van der Waals surface area (Å²) >= 11 is 3.76. The Hall–Kier alpha value is 0.0800. The lowest BCUT2D eigenvalue weighted by atomic mass is 10.2. The molecule has 0 saturated carbocycles. The van der Waals surface area contributed by atoms with Crippen LogP contribution in [0.4, 0.5) is 0 Å². The molecule has 1 aliphatic heterocycles. The quantitative estimate of drug-likeness (QED) is 0.701. The summed E-state index contributed by atoms with van der Waals surface area (Å²) in [5.74, 6) is 3.03. The van der Waals surface area contributed by atoms with Crippen LogP contribution in [-0.2, 0) is 14.6 Å². The van der Waals surface area contributed by atoms with Gasteiger partial charge in [0.1, 0.15) is 9.84 Å². The normalized spacial score (nSPS) is 22.4. The van der Waals surface area contributed by atoms with Crippen molar-refractivity contribution in [2.24, 2.45) is 5.73 Å². The first-order valence-corrected chi connectivity index (χ1v) is 10.1. The van der Waals surface area contributed by atoms with Crippen molar-refractivity contribution in [3.05, 3.63) is 0 Å². The molecule has 2 unspecified atom stereocenters. The number of nitrogens with two attached hydrogens (primary N) is 1. The first kappa shape index (κ1) is 16.1. The highest BCUT2D eigenvalue weighted by Crippen LogP contribution is 2.23. The highest BCUT2D eigenvalue weighted by atomic mass is 32.2. The number of hydrogen-bond acceptors (Lipinski definition) is 6. The second kappa shape index (κ2) is 7.62. The molecule has 1 amide bonds. The minimum Gasteiger partial charge on any atom is -0.354 e. The van der Waals surface area contributed by atoms with Crippen molar-refractivity contribution in [1.29, 1.82) is 0 Å². The van der Waals surface area contributed by atoms with Gasteiger partial charge in [0.05, 0.1) is 11.8 Å². The van der Waals surface area contributed by atoms with Crippen LogP contribution in [0.25, 0.3) is 0 Å². The fraction of sp³-hybridized carbons (Fsp3) is 0.900. The molecule has 3 N–H and O–H groups in total. The van der Waals surface area contributed by atoms with E-state index >= 15 is 0 Å². The minimum atomic E-state index is -3.06. The van der Waals surface area contributed by atoms with Crippen molar-refractivity contribution < 1.29 is 13.2 Å². The summed E-state index contributed by atoms with van der Waals surface area (Å²) in [6.07, 6.45) is 1.32. The van der Waals surface area contributed by atoms with Gasteiger partial charge in [-0.25, -0.2) is 8.42 Å². The zero-order valence-corrected chi connectivity index (χ0v) is 12.9. The molecule has 0 spiro atoms. The van der Waals surface area contributed by atoms with Crippen LogP contribution in [0.5, 0.6) is 0 Å². The third-order valence-electron chi connectivity index (χ3n) is 2.53. The number of sulfone groups is 1. The first-order chi connectivity index (χ1) is 8.38. The molecule has 106 valence electrons. The second-order valence-electron chi connectivity index (χ2n) is 4.34. The van der Waals surface area contributed by atoms with Gasteiger partial charge in [0, 0.05) is 35.3 Å². The molecule has 0 aromatic rings. The summed E-state index contributed by atoms with van der Waals surface area (Å²) in [5.41, 5.74) is 5.65. The third kappa shape index (κ3) is 6.86. The summed E-state index contributed by atoms with van der Waals surface area (Å²) in [6.45, 7) is 0.614. The Kier molecular flexibility index (Phi) is 6.83. The maximum absolute atomic E-state index is 11.7. The smallest absolute Gasteiger partial charge is 0.236 e. The Morgan fingerprint density at radius 2 is 2.22 bits per heavy atom. The molecule has 1 aliphatic rings. The standard InChI is InChI=1S/C10H20N2O3S3/c1-18(14,15)5-2-9(11)10(13)12-6-8-7-16-3-4-17-8/h8-9H,2-7,11H2,1H3,(H,12,13). The van der Waals surface area contributed by atoms with Crippen molar-refractivity contribution in [2.45, 2.75) is 17.7 Å². The van der Waals surface area contributed by atoms with E-state index in [0.29, 0.717) is 11.8 Å². The summed E-state index contributed by atoms with van der Waals surface area (Å²) in [5, 5.41) is 3.24. The van der Waals surface area contributed by atoms with Crippen molar-refractivity contribution >= 4 is 39.3 Å². The maximum Gasteiger partial charge on any atom is 0.236 e. The van der Waals surface area contributed by atoms with E-state index in [-0.39, 0.29) is 18.1 Å². The van der Waals surface area contributed by atoms with Crippen LogP contribution >= 0.6 is 23.5 Å². The van der Waals surface area contributed by atoms with Gasteiger partial charge in [-0.2, -0.15) is 23.5 Å². The zero-order chi connectivity index (χ0) is 13.6. The Morgan fingerprint density at radius 1 is 1.50 bits per heavy atom. The van der Waals surface area contributed by atoms with Gasteiger partial charge in [-0.15, -0.1) is 0 Å². The van der Waals surface area contributed by atoms with Crippen molar-refractivity contribution in [1.82, 2.24) is 5.32 Å². The highest BCUT2D eigenvalue weighted by Gasteiger charge is 2.19. The predicted molar refractivity (Wildman–Crippen MR) is 78.9 cm³/mol. The molecular weight excluding hydrogens is 292 g/mol. The molecule has 0 aromatic heterocycles. The Balaban J connectivity index is 2.22. The number of rotatable bonds is 6. The lowest BCUT2D eigenvalue weighted by molar-refractivity contribution is -0.122. The van der Waals surface area contributed by atoms with Crippen LogP contribution in [0.1, 0.15) is 6.42 Å². The molecule has 0 aliphatic carbocycles.